The molecule has 4 aliphatic rings. The van der Waals surface area contributed by atoms with E-state index in [0.29, 0.717) is 28.7 Å². The van der Waals surface area contributed by atoms with Gasteiger partial charge in [0.2, 0.25) is 11.8 Å². The van der Waals surface area contributed by atoms with Crippen molar-refractivity contribution >= 4 is 23.4 Å². The number of phenolic OH excluding ortho intramolecular Hbond substituents is 1. The number of fused-ring (bicyclic) bond motifs is 3. The van der Waals surface area contributed by atoms with Gasteiger partial charge in [-0.25, -0.2) is 0 Å². The normalized spacial score (nSPS) is 29.4. The van der Waals surface area contributed by atoms with E-state index in [2.05, 4.69) is 0 Å². The summed E-state index contributed by atoms with van der Waals surface area (Å²) in [6.45, 7) is 1.61. The van der Waals surface area contributed by atoms with Crippen molar-refractivity contribution in [2.45, 2.75) is 25.7 Å². The lowest BCUT2D eigenvalue weighted by Crippen LogP contribution is -2.39. The molecule has 32 heavy (non-hydrogen) atoms. The van der Waals surface area contributed by atoms with Gasteiger partial charge in [0.05, 0.1) is 18.9 Å². The number of aromatic hydroxyl groups is 1. The van der Waals surface area contributed by atoms with E-state index in [1.807, 2.05) is 6.08 Å². The van der Waals surface area contributed by atoms with E-state index in [0.717, 1.165) is 5.57 Å². The minimum Gasteiger partial charge on any atom is -0.504 e. The summed E-state index contributed by atoms with van der Waals surface area (Å²) in [5, 5.41) is 10.9. The molecule has 4 atom stereocenters. The molecule has 164 valence electrons. The molecule has 1 saturated heterocycles. The quantitative estimate of drug-likeness (QED) is 0.437. The first kappa shape index (κ1) is 20.4. The van der Waals surface area contributed by atoms with Crippen molar-refractivity contribution in [2.75, 3.05) is 14.2 Å². The van der Waals surface area contributed by atoms with Crippen molar-refractivity contribution in [3.63, 3.8) is 0 Å². The number of nitrogens with zero attached hydrogens (tertiary/aromatic N) is 1. The molecule has 1 heterocycles. The number of amides is 2. The zero-order valence-corrected chi connectivity index (χ0v) is 18.0. The van der Waals surface area contributed by atoms with E-state index in [9.17, 15) is 24.3 Å². The maximum absolute atomic E-state index is 13.1. The number of ketones is 2. The Bertz CT molecular complexity index is 1200. The summed E-state index contributed by atoms with van der Waals surface area (Å²) >= 11 is 0. The molecule has 0 saturated carbocycles. The minimum atomic E-state index is -0.686. The topological polar surface area (TPSA) is 101 Å². The molecule has 1 N–H and O–H groups in total. The smallest absolute Gasteiger partial charge is 0.233 e. The number of ether oxygens (including phenoxy) is 1. The van der Waals surface area contributed by atoms with Crippen LogP contribution in [0.3, 0.4) is 0 Å². The van der Waals surface area contributed by atoms with E-state index in [1.54, 1.807) is 25.1 Å². The number of rotatable bonds is 2. The molecule has 0 radical (unpaired) electrons. The third-order valence-corrected chi connectivity index (χ3v) is 7.34. The number of carbonyl (C=O) groups excluding carboxylic acids is 4. The molecule has 2 amide bonds. The molecule has 0 aromatic heterocycles. The van der Waals surface area contributed by atoms with Crippen molar-refractivity contribution in [3.8, 4) is 11.5 Å². The van der Waals surface area contributed by atoms with Crippen LogP contribution in [0.4, 0.5) is 0 Å². The highest BCUT2D eigenvalue weighted by Gasteiger charge is 2.55. The average molecular weight is 433 g/mol. The summed E-state index contributed by atoms with van der Waals surface area (Å²) in [7, 11) is 2.93. The molecule has 1 aromatic rings. The number of hydrogen-bond donors (Lipinski definition) is 1. The van der Waals surface area contributed by atoms with Gasteiger partial charge < -0.3 is 9.84 Å². The molecule has 1 aromatic carbocycles. The number of methoxy groups -OCH3 is 1. The van der Waals surface area contributed by atoms with Crippen molar-refractivity contribution < 1.29 is 29.0 Å². The van der Waals surface area contributed by atoms with Crippen LogP contribution in [0.15, 0.2) is 52.6 Å². The molecule has 7 heteroatoms. The zero-order valence-electron chi connectivity index (χ0n) is 18.0. The van der Waals surface area contributed by atoms with Crippen molar-refractivity contribution in [3.05, 3.63) is 58.2 Å². The van der Waals surface area contributed by atoms with Gasteiger partial charge in [0.25, 0.3) is 0 Å². The van der Waals surface area contributed by atoms with Crippen LogP contribution >= 0.6 is 0 Å². The highest BCUT2D eigenvalue weighted by atomic mass is 16.5. The fraction of sp³-hybridized carbons (Fsp3) is 0.360. The fourth-order valence-electron chi connectivity index (χ4n) is 5.83. The predicted octanol–water partition coefficient (Wildman–Crippen LogP) is 2.46. The van der Waals surface area contributed by atoms with E-state index < -0.39 is 23.7 Å². The Hall–Kier alpha value is -3.48. The summed E-state index contributed by atoms with van der Waals surface area (Å²) in [4.78, 5) is 53.1. The van der Waals surface area contributed by atoms with E-state index >= 15 is 0 Å². The lowest BCUT2D eigenvalue weighted by atomic mass is 9.59. The molecular weight excluding hydrogens is 410 g/mol. The molecular formula is C25H23NO6. The summed E-state index contributed by atoms with van der Waals surface area (Å²) in [6, 6.07) is 5.04. The van der Waals surface area contributed by atoms with Gasteiger partial charge in [-0.2, -0.15) is 0 Å². The number of hydrogen-bond acceptors (Lipinski definition) is 6. The third-order valence-electron chi connectivity index (χ3n) is 7.34. The molecule has 7 nitrogen and oxygen atoms in total. The van der Waals surface area contributed by atoms with Crippen molar-refractivity contribution in [1.29, 1.82) is 0 Å². The van der Waals surface area contributed by atoms with E-state index in [-0.39, 0.29) is 41.3 Å². The van der Waals surface area contributed by atoms with Gasteiger partial charge in [0.1, 0.15) is 0 Å². The average Bonchev–Trinajstić information content (AvgIpc) is 3.00. The summed E-state index contributed by atoms with van der Waals surface area (Å²) < 4.78 is 5.27. The van der Waals surface area contributed by atoms with Gasteiger partial charge in [-0.15, -0.1) is 0 Å². The van der Waals surface area contributed by atoms with Gasteiger partial charge in [-0.05, 0) is 37.8 Å². The Balaban J connectivity index is 1.74. The SMILES string of the molecule is COc1cccc([C@H]2C3=CC[C@@H]4C(=O)N(C)C(=O)[C@@H]4[C@@H]3CC3=C2C(=O)C=C(C)C3=O)c1O. The van der Waals surface area contributed by atoms with Crippen LogP contribution in [0.1, 0.15) is 31.2 Å². The van der Waals surface area contributed by atoms with Crippen LogP contribution in [-0.4, -0.2) is 47.5 Å². The highest BCUT2D eigenvalue weighted by Crippen LogP contribution is 2.56. The Kier molecular flexibility index (Phi) is 4.48. The minimum absolute atomic E-state index is 0.104. The standard InChI is InChI=1S/C25H23NO6/c1-11-9-17(27)21-16(22(11)28)10-15-12(7-8-14-20(15)25(31)26(2)24(14)30)19(21)13-5-4-6-18(32-3)23(13)29/h4-7,9,14-15,19-20,29H,8,10H2,1-3H3/t14-,15+,19+,20-/m0/s1. The van der Waals surface area contributed by atoms with Crippen LogP contribution < -0.4 is 4.74 Å². The summed E-state index contributed by atoms with van der Waals surface area (Å²) in [5.41, 5.74) is 2.33. The summed E-state index contributed by atoms with van der Waals surface area (Å²) in [5.74, 6) is -2.92. The summed E-state index contributed by atoms with van der Waals surface area (Å²) in [6.07, 6.45) is 3.88. The number of carbonyl (C=O) groups is 4. The second kappa shape index (κ2) is 7.02. The van der Waals surface area contributed by atoms with Gasteiger partial charge in [0, 0.05) is 35.2 Å². The van der Waals surface area contributed by atoms with Crippen LogP contribution in [0.25, 0.3) is 0 Å². The van der Waals surface area contributed by atoms with Crippen LogP contribution in [0.2, 0.25) is 0 Å². The molecule has 1 aliphatic heterocycles. The number of benzene rings is 1. The number of Topliss-reactive ketones (excluding diaryl/α,β-unsaturated/α-hetero) is 1. The number of allylic oxidation sites excluding steroid dienone is 6. The first-order valence-electron chi connectivity index (χ1n) is 10.6. The zero-order chi connectivity index (χ0) is 22.9. The number of phenols is 1. The number of imide groups is 1. The molecule has 0 unspecified atom stereocenters. The van der Waals surface area contributed by atoms with E-state index in [4.69, 9.17) is 4.74 Å². The predicted molar refractivity (Wildman–Crippen MR) is 114 cm³/mol. The number of para-hydroxylation sites is 1. The first-order valence-corrected chi connectivity index (χ1v) is 10.6. The molecule has 0 spiro atoms. The fourth-order valence-corrected chi connectivity index (χ4v) is 5.83. The van der Waals surface area contributed by atoms with Crippen molar-refractivity contribution in [1.82, 2.24) is 4.90 Å². The monoisotopic (exact) mass is 433 g/mol. The Morgan fingerprint density at radius 2 is 1.84 bits per heavy atom. The van der Waals surface area contributed by atoms with Crippen LogP contribution in [0.5, 0.6) is 11.5 Å². The van der Waals surface area contributed by atoms with Gasteiger partial charge in [-0.1, -0.05) is 23.8 Å². The van der Waals surface area contributed by atoms with Gasteiger partial charge in [0.15, 0.2) is 23.1 Å². The lowest BCUT2D eigenvalue weighted by molar-refractivity contribution is -0.138. The molecule has 1 fully saturated rings. The second-order valence-electron chi connectivity index (χ2n) is 8.86. The van der Waals surface area contributed by atoms with Crippen LogP contribution in [-0.2, 0) is 19.2 Å². The lowest BCUT2D eigenvalue weighted by Gasteiger charge is -2.42. The second-order valence-corrected chi connectivity index (χ2v) is 8.86. The number of likely N-dealkylation sites (tertiary alicyclic amines) is 1. The van der Waals surface area contributed by atoms with Gasteiger partial charge in [-0.3, -0.25) is 24.1 Å². The Morgan fingerprint density at radius 1 is 1.09 bits per heavy atom. The largest absolute Gasteiger partial charge is 0.504 e. The molecule has 3 aliphatic carbocycles. The Labute approximate surface area is 185 Å². The van der Waals surface area contributed by atoms with Crippen LogP contribution in [0, 0.1) is 17.8 Å². The van der Waals surface area contributed by atoms with Crippen molar-refractivity contribution in [2.24, 2.45) is 17.8 Å². The van der Waals surface area contributed by atoms with Gasteiger partial charge >= 0.3 is 0 Å². The molecule has 5 rings (SSSR count). The maximum atomic E-state index is 13.1. The molecule has 0 bridgehead atoms. The maximum Gasteiger partial charge on any atom is 0.233 e. The van der Waals surface area contributed by atoms with E-state index in [1.165, 1.54) is 25.1 Å². The highest BCUT2D eigenvalue weighted by molar-refractivity contribution is 6.23. The first-order chi connectivity index (χ1) is 15.3. The third kappa shape index (κ3) is 2.60. The Morgan fingerprint density at radius 3 is 2.56 bits per heavy atom.